The maximum atomic E-state index is 12.1. The standard InChI is InChI=1S/C18H29NO3.C15H30O3.C12H23NO5.C11H20N2O4.2C9H18O3/c1-13-3-5-14(6-4-13)7-9-19(2)10-8-15-11-16(12-20)18(22)17(15)21;1-2-3-4-5-6-7-8-9-12-10-13(11-16)15(18)14(12)17;1-2-13(6-10(15)16)4-3-8-5-9(7-14)12(18)11(8)17;1-2-12-4-3-7-10(16)11(17)8(6-14)13(7)9(15)5-12;2*1-2-3-6-4-7(5-10)9(12)8(6)11/h3-6,15-18,20-22H,7-12H2,1-2H3;12-18H,2-11H2,1H3;8-9,11-12,14,17-18H,2-7H2,1H3,(H,15,16);7-8,10-11,14,16-17H,2-6H2,1H3;2*6-12H,2-5H2,1H3/t15-,16-,17-,18-;12-,13-,14-,15-;8-,9-,11-,12-;7-,8+,10+,11+;2*6-,7+,8-,9-/m000110/s1. The number of nitrogens with zero attached hydrogens (tertiary/aromatic N) is 4. The van der Waals surface area contributed by atoms with Gasteiger partial charge in [0.05, 0.1) is 92.8 Å². The summed E-state index contributed by atoms with van der Waals surface area (Å²) in [6, 6.07) is 7.59. The number of carboxylic acids is 1. The predicted molar refractivity (Wildman–Crippen MR) is 378 cm³/mol. The van der Waals surface area contributed by atoms with E-state index in [1.54, 1.807) is 4.90 Å². The van der Waals surface area contributed by atoms with Crippen LogP contribution in [0.1, 0.15) is 174 Å². The Labute approximate surface area is 591 Å². The molecule has 0 radical (unpaired) electrons. The average molecular weight is 1420 g/mol. The second-order valence-corrected chi connectivity index (χ2v) is 29.7. The summed E-state index contributed by atoms with van der Waals surface area (Å²) in [6.07, 6.45) is 11.4. The van der Waals surface area contributed by atoms with Crippen molar-refractivity contribution in [3.63, 3.8) is 0 Å². The van der Waals surface area contributed by atoms with Gasteiger partial charge in [-0.2, -0.15) is 0 Å². The Kier molecular flexibility index (Phi) is 44.3. The number of rotatable bonds is 31. The second kappa shape index (κ2) is 48.4. The number of unbranched alkanes of at least 4 members (excludes halogenated alkanes) is 6. The molecule has 2 saturated heterocycles. The third kappa shape index (κ3) is 28.6. The molecule has 25 nitrogen and oxygen atoms in total. The summed E-state index contributed by atoms with van der Waals surface area (Å²) in [4.78, 5) is 30.2. The molecule has 7 aliphatic rings. The molecule has 5 saturated carbocycles. The predicted octanol–water partition coefficient (Wildman–Crippen LogP) is 1.10. The summed E-state index contributed by atoms with van der Waals surface area (Å²) in [5, 5.41) is 180. The van der Waals surface area contributed by atoms with Crippen molar-refractivity contribution in [1.29, 1.82) is 0 Å². The molecule has 19 N–H and O–H groups in total. The first kappa shape index (κ1) is 90.5. The van der Waals surface area contributed by atoms with Crippen molar-refractivity contribution in [1.82, 2.24) is 19.6 Å². The van der Waals surface area contributed by atoms with Gasteiger partial charge in [-0.15, -0.1) is 0 Å². The number of carbonyl (C=O) groups excluding carboxylic acids is 1. The van der Waals surface area contributed by atoms with Gasteiger partial charge in [0, 0.05) is 75.7 Å². The lowest BCUT2D eigenvalue weighted by Crippen LogP contribution is -2.46. The highest BCUT2D eigenvalue weighted by atomic mass is 16.4. The van der Waals surface area contributed by atoms with Crippen LogP contribution in [0.4, 0.5) is 0 Å². The lowest BCUT2D eigenvalue weighted by atomic mass is 9.96. The third-order valence-corrected chi connectivity index (χ3v) is 22.6. The zero-order chi connectivity index (χ0) is 74.1. The molecule has 25 heteroatoms. The molecule has 0 spiro atoms. The zero-order valence-corrected chi connectivity index (χ0v) is 61.0. The SMILES string of the molecule is CCCCCCCCC[C@H]1C[C@@H](CO)[C@H](O)[C@H]1O.CCC[C@@H]1C[C@@H](CO)[C@@H](O)[C@@H]1O.CCC[C@H]1C[C@H](CO)[C@H](O)[C@H]1O.CCN(CC[C@H]1C[C@@H](CO)[C@H](O)[C@H]1O)CC(=O)O.CCN1CC[C@@H]2[C@H](O)[C@@H](O)[C@H](CO)N2C(=O)C1.Cc1ccc(CCN(C)CC[C@H]2C[C@@H](CO)[C@H](O)[C@H]2O)cc1. The van der Waals surface area contributed by atoms with E-state index in [9.17, 15) is 81.1 Å². The molecule has 1 amide bonds. The van der Waals surface area contributed by atoms with Gasteiger partial charge in [-0.1, -0.05) is 122 Å². The molecule has 580 valence electrons. The lowest BCUT2D eigenvalue weighted by Gasteiger charge is -2.27. The van der Waals surface area contributed by atoms with Gasteiger partial charge in [0.2, 0.25) is 5.91 Å². The number of benzene rings is 1. The van der Waals surface area contributed by atoms with E-state index in [0.29, 0.717) is 45.3 Å². The van der Waals surface area contributed by atoms with E-state index in [-0.39, 0.29) is 117 Å². The van der Waals surface area contributed by atoms with Gasteiger partial charge in [0.1, 0.15) is 12.2 Å². The van der Waals surface area contributed by atoms with Gasteiger partial charge < -0.3 is 107 Å². The Bertz CT molecular complexity index is 2240. The number of fused-ring (bicyclic) bond motifs is 1. The molecule has 24 atom stereocenters. The monoisotopic (exact) mass is 1420 g/mol. The largest absolute Gasteiger partial charge is 0.480 e. The molecule has 1 aromatic rings. The van der Waals surface area contributed by atoms with Crippen molar-refractivity contribution in [3.8, 4) is 0 Å². The normalized spacial score (nSPS) is 34.9. The highest BCUT2D eigenvalue weighted by Gasteiger charge is 2.51. The molecule has 0 bridgehead atoms. The fraction of sp³-hybridized carbons (Fsp3) is 0.892. The van der Waals surface area contributed by atoms with Crippen molar-refractivity contribution in [2.45, 2.75) is 262 Å². The Morgan fingerprint density at radius 1 is 0.455 bits per heavy atom. The van der Waals surface area contributed by atoms with Crippen LogP contribution in [0, 0.1) is 66.1 Å². The molecule has 1 aromatic carbocycles. The quantitative estimate of drug-likeness (QED) is 0.0463. The smallest absolute Gasteiger partial charge is 0.317 e. The number of amides is 1. The molecule has 99 heavy (non-hydrogen) atoms. The maximum absolute atomic E-state index is 12.1. The first-order chi connectivity index (χ1) is 47.2. The molecule has 5 aliphatic carbocycles. The van der Waals surface area contributed by atoms with Gasteiger partial charge >= 0.3 is 5.97 Å². The number of likely N-dealkylation sites (N-methyl/N-ethyl adjacent to an activating group) is 3. The zero-order valence-electron chi connectivity index (χ0n) is 61.0. The Morgan fingerprint density at radius 3 is 1.20 bits per heavy atom. The number of aliphatic carboxylic acids is 1. The van der Waals surface area contributed by atoms with Crippen LogP contribution < -0.4 is 0 Å². The van der Waals surface area contributed by atoms with Crippen LogP contribution in [0.3, 0.4) is 0 Å². The molecule has 0 aromatic heterocycles. The van der Waals surface area contributed by atoms with Crippen molar-refractivity contribution >= 4 is 11.9 Å². The van der Waals surface area contributed by atoms with Gasteiger partial charge in [-0.25, -0.2) is 0 Å². The molecule has 8 rings (SSSR count). The van der Waals surface area contributed by atoms with Crippen LogP contribution >= 0.6 is 0 Å². The summed E-state index contributed by atoms with van der Waals surface area (Å²) in [5.74, 6) is -1.19. The van der Waals surface area contributed by atoms with Crippen LogP contribution in [0.25, 0.3) is 0 Å². The number of hydrogen-bond acceptors (Lipinski definition) is 23. The minimum absolute atomic E-state index is 0.00819. The number of aliphatic hydroxyl groups excluding tert-OH is 18. The summed E-state index contributed by atoms with van der Waals surface area (Å²) in [6.45, 7) is 16.7. The Morgan fingerprint density at radius 2 is 0.838 bits per heavy atom. The van der Waals surface area contributed by atoms with Crippen molar-refractivity contribution in [2.24, 2.45) is 59.2 Å². The summed E-state index contributed by atoms with van der Waals surface area (Å²) >= 11 is 0. The second-order valence-electron chi connectivity index (χ2n) is 29.7. The molecule has 2 aliphatic heterocycles. The number of aliphatic hydroxyl groups is 18. The van der Waals surface area contributed by atoms with Crippen LogP contribution in [-0.4, -0.2) is 313 Å². The van der Waals surface area contributed by atoms with E-state index in [1.807, 2.05) is 18.7 Å². The van der Waals surface area contributed by atoms with E-state index in [4.69, 9.17) is 25.5 Å². The third-order valence-electron chi connectivity index (χ3n) is 22.6. The van der Waals surface area contributed by atoms with Gasteiger partial charge in [-0.05, 0) is 152 Å². The maximum Gasteiger partial charge on any atom is 0.317 e. The number of carboxylic acid groups (broad SMARTS) is 1. The highest BCUT2D eigenvalue weighted by molar-refractivity contribution is 5.80. The number of hydrogen-bond donors (Lipinski definition) is 19. The van der Waals surface area contributed by atoms with Crippen LogP contribution in [0.5, 0.6) is 0 Å². The minimum atomic E-state index is -1.04. The fourth-order valence-corrected chi connectivity index (χ4v) is 15.9. The summed E-state index contributed by atoms with van der Waals surface area (Å²) in [7, 11) is 2.09. The average Bonchev–Trinajstić information content (AvgIpc) is 1.63. The van der Waals surface area contributed by atoms with Crippen LogP contribution in [0.2, 0.25) is 0 Å². The van der Waals surface area contributed by atoms with Crippen molar-refractivity contribution < 1.29 is 107 Å². The van der Waals surface area contributed by atoms with E-state index in [2.05, 4.69) is 63.9 Å². The van der Waals surface area contributed by atoms with Gasteiger partial charge in [-0.3, -0.25) is 19.4 Å². The number of aryl methyl sites for hydroxylation is 1. The van der Waals surface area contributed by atoms with Crippen molar-refractivity contribution in [3.05, 3.63) is 35.4 Å². The van der Waals surface area contributed by atoms with Gasteiger partial charge in [0.15, 0.2) is 0 Å². The van der Waals surface area contributed by atoms with Gasteiger partial charge in [0.25, 0.3) is 0 Å². The summed E-state index contributed by atoms with van der Waals surface area (Å²) < 4.78 is 0. The minimum Gasteiger partial charge on any atom is -0.480 e. The first-order valence-corrected chi connectivity index (χ1v) is 37.7. The van der Waals surface area contributed by atoms with E-state index >= 15 is 0 Å². The van der Waals surface area contributed by atoms with Crippen LogP contribution in [-0.2, 0) is 16.0 Å². The van der Waals surface area contributed by atoms with Crippen molar-refractivity contribution in [2.75, 3.05) is 99.0 Å². The molecule has 7 fully saturated rings. The molecule has 0 unspecified atom stereocenters. The number of carbonyl (C=O) groups is 2. The highest BCUT2D eigenvalue weighted by Crippen LogP contribution is 2.39. The molecular weight excluding hydrogens is 1280 g/mol. The molecular formula is C74H138N4O21. The van der Waals surface area contributed by atoms with E-state index in [1.165, 1.54) is 54.6 Å². The summed E-state index contributed by atoms with van der Waals surface area (Å²) in [5.41, 5.74) is 2.62. The topological polar surface area (TPSA) is 431 Å². The Hall–Kier alpha value is -2.68. The van der Waals surface area contributed by atoms with E-state index < -0.39 is 85.3 Å². The Balaban J connectivity index is 0.000000313. The van der Waals surface area contributed by atoms with Crippen LogP contribution in [0.15, 0.2) is 24.3 Å². The van der Waals surface area contributed by atoms with E-state index in [0.717, 1.165) is 96.8 Å². The molecule has 2 heterocycles. The lowest BCUT2D eigenvalue weighted by molar-refractivity contribution is -0.138. The fourth-order valence-electron chi connectivity index (χ4n) is 15.9. The first-order valence-electron chi connectivity index (χ1n) is 37.7.